The Morgan fingerprint density at radius 3 is 2.48 bits per heavy atom. The Labute approximate surface area is 173 Å². The van der Waals surface area contributed by atoms with E-state index in [9.17, 15) is 19.6 Å². The molecule has 1 aromatic rings. The molecule has 0 aliphatic carbocycles. The first-order chi connectivity index (χ1) is 13.8. The maximum Gasteiger partial charge on any atom is 0.329 e. The molecule has 0 bridgehead atoms. The zero-order valence-electron chi connectivity index (χ0n) is 16.0. The number of carbonyl (C=O) groups is 3. The van der Waals surface area contributed by atoms with Crippen molar-refractivity contribution in [2.75, 3.05) is 6.61 Å². The van der Waals surface area contributed by atoms with E-state index in [-0.39, 0.29) is 12.4 Å². The van der Waals surface area contributed by atoms with E-state index in [2.05, 4.69) is 6.07 Å². The van der Waals surface area contributed by atoms with Crippen molar-refractivity contribution in [3.05, 3.63) is 58.8 Å². The van der Waals surface area contributed by atoms with E-state index in [0.29, 0.717) is 16.2 Å². The van der Waals surface area contributed by atoms with E-state index >= 15 is 0 Å². The Kier molecular flexibility index (Phi) is 5.49. The Bertz CT molecular complexity index is 963. The van der Waals surface area contributed by atoms with Crippen LogP contribution in [0.1, 0.15) is 25.3 Å². The topological polar surface area (TPSA) is 113 Å². The second kappa shape index (κ2) is 7.72. The minimum Gasteiger partial charge on any atom is -0.465 e. The summed E-state index contributed by atoms with van der Waals surface area (Å²) in [4.78, 5) is 39.1. The van der Waals surface area contributed by atoms with Gasteiger partial charge < -0.3 is 15.4 Å². The van der Waals surface area contributed by atoms with Gasteiger partial charge in [-0.15, -0.1) is 0 Å². The van der Waals surface area contributed by atoms with Crippen LogP contribution < -0.4 is 5.73 Å². The average molecular weight is 414 g/mol. The van der Waals surface area contributed by atoms with Gasteiger partial charge in [0.05, 0.1) is 18.7 Å². The van der Waals surface area contributed by atoms with Gasteiger partial charge in [-0.1, -0.05) is 35.9 Å². The Morgan fingerprint density at radius 2 is 1.97 bits per heavy atom. The number of fused-ring (bicyclic) bond motifs is 1. The number of primary amides is 1. The van der Waals surface area contributed by atoms with Crippen LogP contribution in [-0.4, -0.2) is 41.3 Å². The van der Waals surface area contributed by atoms with Gasteiger partial charge in [0.2, 0.25) is 5.91 Å². The number of benzene rings is 1. The molecule has 0 radical (unpaired) electrons. The molecule has 8 heteroatoms. The van der Waals surface area contributed by atoms with Crippen LogP contribution >= 0.6 is 11.6 Å². The number of carbonyl (C=O) groups excluding carboxylic acids is 3. The second-order valence-electron chi connectivity index (χ2n) is 6.97. The van der Waals surface area contributed by atoms with Crippen LogP contribution in [-0.2, 0) is 19.1 Å². The number of Topliss-reactive ketones (excluding diaryl/α,β-unsaturated/α-hetero) is 1. The minimum atomic E-state index is -1.74. The van der Waals surface area contributed by atoms with Crippen LogP contribution in [0, 0.1) is 16.7 Å². The van der Waals surface area contributed by atoms with Gasteiger partial charge in [0.25, 0.3) is 0 Å². The zero-order chi connectivity index (χ0) is 21.3. The number of halogens is 1. The van der Waals surface area contributed by atoms with Crippen LogP contribution in [0.15, 0.2) is 48.2 Å². The van der Waals surface area contributed by atoms with Crippen LogP contribution in [0.2, 0.25) is 5.02 Å². The van der Waals surface area contributed by atoms with Gasteiger partial charge >= 0.3 is 5.97 Å². The molecule has 2 aliphatic heterocycles. The van der Waals surface area contributed by atoms with Gasteiger partial charge in [-0.25, -0.2) is 0 Å². The lowest BCUT2D eigenvalue weighted by atomic mass is 9.68. The van der Waals surface area contributed by atoms with E-state index < -0.39 is 35.3 Å². The lowest BCUT2D eigenvalue weighted by molar-refractivity contribution is -0.153. The molecule has 1 fully saturated rings. The van der Waals surface area contributed by atoms with Crippen LogP contribution in [0.4, 0.5) is 0 Å². The van der Waals surface area contributed by atoms with Crippen molar-refractivity contribution in [2.24, 2.45) is 11.1 Å². The number of hydrogen-bond acceptors (Lipinski definition) is 6. The molecule has 1 amide bonds. The number of ketones is 1. The summed E-state index contributed by atoms with van der Waals surface area (Å²) >= 11 is 5.99. The summed E-state index contributed by atoms with van der Waals surface area (Å²) in [6.45, 7) is 3.11. The normalized spacial score (nSPS) is 27.6. The van der Waals surface area contributed by atoms with Gasteiger partial charge in [-0.05, 0) is 31.5 Å². The second-order valence-corrected chi connectivity index (χ2v) is 7.41. The average Bonchev–Trinajstić information content (AvgIpc) is 2.99. The summed E-state index contributed by atoms with van der Waals surface area (Å²) < 4.78 is 5.26. The van der Waals surface area contributed by atoms with Crippen molar-refractivity contribution in [1.82, 2.24) is 4.90 Å². The minimum absolute atomic E-state index is 0.0712. The summed E-state index contributed by atoms with van der Waals surface area (Å²) in [6.07, 6.45) is 4.63. The molecule has 2 aliphatic rings. The summed E-state index contributed by atoms with van der Waals surface area (Å²) in [6, 6.07) is 6.82. The molecule has 0 aromatic heterocycles. The van der Waals surface area contributed by atoms with Gasteiger partial charge in [0.15, 0.2) is 11.2 Å². The van der Waals surface area contributed by atoms with Gasteiger partial charge in [0, 0.05) is 22.7 Å². The smallest absolute Gasteiger partial charge is 0.329 e. The van der Waals surface area contributed by atoms with E-state index in [1.165, 1.54) is 18.0 Å². The third-order valence-electron chi connectivity index (χ3n) is 5.39. The number of nitrogens with zero attached hydrogens (tertiary/aromatic N) is 2. The predicted octanol–water partition coefficient (Wildman–Crippen LogP) is 2.08. The van der Waals surface area contributed by atoms with Crippen LogP contribution in [0.25, 0.3) is 0 Å². The molecule has 3 rings (SSSR count). The highest BCUT2D eigenvalue weighted by Crippen LogP contribution is 2.53. The van der Waals surface area contributed by atoms with Crippen molar-refractivity contribution < 1.29 is 19.1 Å². The molecule has 4 unspecified atom stereocenters. The molecule has 150 valence electrons. The fourth-order valence-electron chi connectivity index (χ4n) is 4.14. The quantitative estimate of drug-likeness (QED) is 0.739. The summed E-state index contributed by atoms with van der Waals surface area (Å²) in [7, 11) is 0. The highest BCUT2D eigenvalue weighted by Gasteiger charge is 2.66. The predicted molar refractivity (Wildman–Crippen MR) is 105 cm³/mol. The fraction of sp³-hybridized carbons (Fsp3) is 0.333. The molecular weight excluding hydrogens is 394 g/mol. The first-order valence-electron chi connectivity index (χ1n) is 9.09. The molecule has 0 spiro atoms. The third kappa shape index (κ3) is 3.19. The maximum atomic E-state index is 13.1. The third-order valence-corrected chi connectivity index (χ3v) is 5.64. The SMILES string of the molecule is CCOC(=O)C1(C#N)C(c2ccc(Cl)cc2)C(C(N)=O)N2C=C(C(C)=O)C=CC21. The number of amides is 1. The molecule has 0 saturated carbocycles. The van der Waals surface area contributed by atoms with Crippen molar-refractivity contribution in [3.8, 4) is 6.07 Å². The maximum absolute atomic E-state index is 13.1. The first-order valence-corrected chi connectivity index (χ1v) is 9.47. The highest BCUT2D eigenvalue weighted by atomic mass is 35.5. The molecule has 29 heavy (non-hydrogen) atoms. The van der Waals surface area contributed by atoms with E-state index in [1.54, 1.807) is 43.3 Å². The number of nitriles is 1. The molecule has 4 atom stereocenters. The van der Waals surface area contributed by atoms with Crippen LogP contribution in [0.3, 0.4) is 0 Å². The highest BCUT2D eigenvalue weighted by molar-refractivity contribution is 6.30. The Hall–Kier alpha value is -3.11. The standard InChI is InChI=1S/C21H20ClN3O4/c1-3-29-20(28)21(11-23)16-9-6-14(12(2)26)10-25(16)18(19(24)27)17(21)13-4-7-15(22)8-5-13/h4-10,16-18H,3H2,1-2H3,(H2,24,27). The number of esters is 1. The number of rotatable bonds is 5. The lowest BCUT2D eigenvalue weighted by Crippen LogP contribution is -2.45. The number of allylic oxidation sites excluding steroid dienone is 2. The fourth-order valence-corrected chi connectivity index (χ4v) is 4.26. The van der Waals surface area contributed by atoms with E-state index in [1.807, 2.05) is 0 Å². The monoisotopic (exact) mass is 413 g/mol. The molecule has 1 aromatic carbocycles. The lowest BCUT2D eigenvalue weighted by Gasteiger charge is -2.32. The van der Waals surface area contributed by atoms with Crippen molar-refractivity contribution in [2.45, 2.75) is 31.8 Å². The molecule has 1 saturated heterocycles. The van der Waals surface area contributed by atoms with Crippen molar-refractivity contribution >= 4 is 29.3 Å². The molecular formula is C21H20ClN3O4. The van der Waals surface area contributed by atoms with E-state index in [4.69, 9.17) is 22.1 Å². The molecule has 2 heterocycles. The zero-order valence-corrected chi connectivity index (χ0v) is 16.7. The number of hydrogen-bond donors (Lipinski definition) is 1. The van der Waals surface area contributed by atoms with Gasteiger partial charge in [-0.3, -0.25) is 14.4 Å². The Morgan fingerprint density at radius 1 is 1.31 bits per heavy atom. The Balaban J connectivity index is 2.28. The van der Waals surface area contributed by atoms with Gasteiger partial charge in [-0.2, -0.15) is 5.26 Å². The van der Waals surface area contributed by atoms with E-state index in [0.717, 1.165) is 0 Å². The first kappa shape index (κ1) is 20.6. The summed E-state index contributed by atoms with van der Waals surface area (Å²) in [5, 5.41) is 10.7. The van der Waals surface area contributed by atoms with Crippen LogP contribution in [0.5, 0.6) is 0 Å². The number of ether oxygens (including phenoxy) is 1. The number of nitrogens with two attached hydrogens (primary N) is 1. The molecule has 7 nitrogen and oxygen atoms in total. The van der Waals surface area contributed by atoms with Crippen molar-refractivity contribution in [3.63, 3.8) is 0 Å². The van der Waals surface area contributed by atoms with Gasteiger partial charge in [0.1, 0.15) is 6.04 Å². The van der Waals surface area contributed by atoms with Crippen molar-refractivity contribution in [1.29, 1.82) is 5.26 Å². The summed E-state index contributed by atoms with van der Waals surface area (Å²) in [5.41, 5.74) is 4.89. The largest absolute Gasteiger partial charge is 0.465 e. The molecule has 2 N–H and O–H groups in total. The summed E-state index contributed by atoms with van der Waals surface area (Å²) in [5.74, 6) is -2.59.